The molecule has 0 fully saturated rings. The SMILES string of the molecule is COc1ccc(/C=C2/CCn3c2nc2ccccc2c3=O)cc1. The summed E-state index contributed by atoms with van der Waals surface area (Å²) in [6.45, 7) is 0.688. The largest absolute Gasteiger partial charge is 0.497 e. The van der Waals surface area contributed by atoms with Gasteiger partial charge in [-0.2, -0.15) is 0 Å². The predicted octanol–water partition coefficient (Wildman–Crippen LogP) is 3.35. The maximum Gasteiger partial charge on any atom is 0.261 e. The normalized spacial score (nSPS) is 15.1. The maximum absolute atomic E-state index is 12.6. The van der Waals surface area contributed by atoms with Crippen molar-refractivity contribution in [1.29, 1.82) is 0 Å². The number of para-hydroxylation sites is 1. The van der Waals surface area contributed by atoms with Gasteiger partial charge in [-0.3, -0.25) is 9.36 Å². The van der Waals surface area contributed by atoms with Crippen LogP contribution in [-0.4, -0.2) is 16.7 Å². The molecule has 0 bridgehead atoms. The predicted molar refractivity (Wildman–Crippen MR) is 91.5 cm³/mol. The van der Waals surface area contributed by atoms with Crippen molar-refractivity contribution in [2.45, 2.75) is 13.0 Å². The van der Waals surface area contributed by atoms with E-state index < -0.39 is 0 Å². The number of methoxy groups -OCH3 is 1. The molecule has 4 rings (SSSR count). The van der Waals surface area contributed by atoms with E-state index in [9.17, 15) is 4.79 Å². The number of hydrogen-bond donors (Lipinski definition) is 0. The van der Waals surface area contributed by atoms with Crippen molar-refractivity contribution in [3.63, 3.8) is 0 Å². The Kier molecular flexibility index (Phi) is 3.23. The van der Waals surface area contributed by atoms with Crippen LogP contribution in [0.15, 0.2) is 53.3 Å². The van der Waals surface area contributed by atoms with E-state index in [1.807, 2.05) is 48.5 Å². The third kappa shape index (κ3) is 2.32. The van der Waals surface area contributed by atoms with Gasteiger partial charge in [-0.25, -0.2) is 4.98 Å². The molecule has 4 heteroatoms. The highest BCUT2D eigenvalue weighted by atomic mass is 16.5. The van der Waals surface area contributed by atoms with Gasteiger partial charge in [-0.15, -0.1) is 0 Å². The van der Waals surface area contributed by atoms with Gasteiger partial charge < -0.3 is 4.74 Å². The van der Waals surface area contributed by atoms with Crippen LogP contribution < -0.4 is 10.3 Å². The van der Waals surface area contributed by atoms with E-state index in [-0.39, 0.29) is 5.56 Å². The minimum Gasteiger partial charge on any atom is -0.497 e. The summed E-state index contributed by atoms with van der Waals surface area (Å²) in [5.41, 5.74) is 2.98. The van der Waals surface area contributed by atoms with Crippen molar-refractivity contribution in [2.75, 3.05) is 7.11 Å². The molecule has 0 saturated heterocycles. The smallest absolute Gasteiger partial charge is 0.261 e. The molecule has 3 aromatic rings. The Morgan fingerprint density at radius 2 is 1.91 bits per heavy atom. The standard InChI is InChI=1S/C19H16N2O2/c1-23-15-8-6-13(7-9-15)12-14-10-11-21-18(14)20-17-5-3-2-4-16(17)19(21)22/h2-9,12H,10-11H2,1H3/b14-12-. The Hall–Kier alpha value is -2.88. The van der Waals surface area contributed by atoms with Crippen LogP contribution in [0.4, 0.5) is 0 Å². The molecule has 0 N–H and O–H groups in total. The molecule has 0 radical (unpaired) electrons. The first-order chi connectivity index (χ1) is 11.3. The molecule has 1 aromatic heterocycles. The molecule has 0 spiro atoms. The Morgan fingerprint density at radius 1 is 1.13 bits per heavy atom. The van der Waals surface area contributed by atoms with Crippen LogP contribution in [0.25, 0.3) is 22.6 Å². The molecule has 0 unspecified atom stereocenters. The van der Waals surface area contributed by atoms with Crippen LogP contribution >= 0.6 is 0 Å². The van der Waals surface area contributed by atoms with E-state index in [2.05, 4.69) is 6.08 Å². The lowest BCUT2D eigenvalue weighted by atomic mass is 10.1. The van der Waals surface area contributed by atoms with Crippen molar-refractivity contribution in [1.82, 2.24) is 9.55 Å². The zero-order valence-electron chi connectivity index (χ0n) is 12.8. The molecule has 0 atom stereocenters. The number of rotatable bonds is 2. The van der Waals surface area contributed by atoms with Crippen LogP contribution in [0, 0.1) is 0 Å². The first kappa shape index (κ1) is 13.8. The van der Waals surface area contributed by atoms with E-state index in [0.29, 0.717) is 11.9 Å². The first-order valence-electron chi connectivity index (χ1n) is 7.61. The maximum atomic E-state index is 12.6. The molecule has 23 heavy (non-hydrogen) atoms. The van der Waals surface area contributed by atoms with Crippen LogP contribution in [0.5, 0.6) is 5.75 Å². The molecule has 2 heterocycles. The highest BCUT2D eigenvalue weighted by Crippen LogP contribution is 2.27. The summed E-state index contributed by atoms with van der Waals surface area (Å²) in [6.07, 6.45) is 2.92. The fraction of sp³-hybridized carbons (Fsp3) is 0.158. The third-order valence-electron chi connectivity index (χ3n) is 4.21. The monoisotopic (exact) mass is 304 g/mol. The van der Waals surface area contributed by atoms with Crippen molar-refractivity contribution in [3.05, 3.63) is 70.3 Å². The lowest BCUT2D eigenvalue weighted by Crippen LogP contribution is -2.20. The van der Waals surface area contributed by atoms with Crippen LogP contribution in [0.1, 0.15) is 17.8 Å². The Morgan fingerprint density at radius 3 is 2.70 bits per heavy atom. The van der Waals surface area contributed by atoms with E-state index in [1.165, 1.54) is 0 Å². The summed E-state index contributed by atoms with van der Waals surface area (Å²) >= 11 is 0. The second kappa shape index (κ2) is 5.39. The van der Waals surface area contributed by atoms with Gasteiger partial charge in [-0.1, -0.05) is 24.3 Å². The molecule has 0 amide bonds. The fourth-order valence-corrected chi connectivity index (χ4v) is 3.00. The van der Waals surface area contributed by atoms with E-state index >= 15 is 0 Å². The van der Waals surface area contributed by atoms with Crippen molar-refractivity contribution in [3.8, 4) is 5.75 Å². The van der Waals surface area contributed by atoms with Gasteiger partial charge in [0.1, 0.15) is 11.6 Å². The lowest BCUT2D eigenvalue weighted by Gasteiger charge is -2.05. The van der Waals surface area contributed by atoms with Crippen LogP contribution in [0.2, 0.25) is 0 Å². The first-order valence-corrected chi connectivity index (χ1v) is 7.61. The fourth-order valence-electron chi connectivity index (χ4n) is 3.00. The lowest BCUT2D eigenvalue weighted by molar-refractivity contribution is 0.415. The summed E-state index contributed by atoms with van der Waals surface area (Å²) in [4.78, 5) is 17.3. The number of benzene rings is 2. The van der Waals surface area contributed by atoms with Gasteiger partial charge in [0.05, 0.1) is 18.0 Å². The number of fused-ring (bicyclic) bond motifs is 2. The molecule has 1 aliphatic heterocycles. The topological polar surface area (TPSA) is 44.1 Å². The van der Waals surface area contributed by atoms with Crippen LogP contribution in [0.3, 0.4) is 0 Å². The van der Waals surface area contributed by atoms with Crippen molar-refractivity contribution in [2.24, 2.45) is 0 Å². The highest BCUT2D eigenvalue weighted by molar-refractivity contribution is 5.84. The number of allylic oxidation sites excluding steroid dienone is 1. The second-order valence-electron chi connectivity index (χ2n) is 5.60. The Labute approximate surface area is 133 Å². The summed E-state index contributed by atoms with van der Waals surface area (Å²) in [6, 6.07) is 15.4. The van der Waals surface area contributed by atoms with Gasteiger partial charge in [0.2, 0.25) is 0 Å². The Bertz CT molecular complexity index is 969. The van der Waals surface area contributed by atoms with Gasteiger partial charge in [-0.05, 0) is 47.9 Å². The van der Waals surface area contributed by atoms with E-state index in [0.717, 1.165) is 34.6 Å². The molecular formula is C19H16N2O2. The second-order valence-corrected chi connectivity index (χ2v) is 5.60. The third-order valence-corrected chi connectivity index (χ3v) is 4.21. The summed E-state index contributed by atoms with van der Waals surface area (Å²) in [5, 5.41) is 0.682. The van der Waals surface area contributed by atoms with Crippen molar-refractivity contribution >= 4 is 22.6 Å². The molecule has 4 nitrogen and oxygen atoms in total. The molecule has 1 aliphatic rings. The summed E-state index contributed by atoms with van der Waals surface area (Å²) < 4.78 is 6.96. The molecule has 114 valence electrons. The number of hydrogen-bond acceptors (Lipinski definition) is 3. The number of ether oxygens (including phenoxy) is 1. The van der Waals surface area contributed by atoms with Gasteiger partial charge >= 0.3 is 0 Å². The molecule has 0 aliphatic carbocycles. The van der Waals surface area contributed by atoms with E-state index in [4.69, 9.17) is 9.72 Å². The Balaban J connectivity index is 1.83. The average Bonchev–Trinajstić information content (AvgIpc) is 2.99. The zero-order valence-corrected chi connectivity index (χ0v) is 12.8. The zero-order chi connectivity index (χ0) is 15.8. The molecular weight excluding hydrogens is 288 g/mol. The minimum atomic E-state index is 0.0451. The summed E-state index contributed by atoms with van der Waals surface area (Å²) in [5.74, 6) is 1.61. The quantitative estimate of drug-likeness (QED) is 0.729. The van der Waals surface area contributed by atoms with Crippen molar-refractivity contribution < 1.29 is 4.74 Å². The molecule has 0 saturated carbocycles. The summed E-state index contributed by atoms with van der Waals surface area (Å²) in [7, 11) is 1.65. The molecule has 2 aromatic carbocycles. The highest BCUT2D eigenvalue weighted by Gasteiger charge is 2.20. The van der Waals surface area contributed by atoms with E-state index in [1.54, 1.807) is 11.7 Å². The average molecular weight is 304 g/mol. The van der Waals surface area contributed by atoms with Gasteiger partial charge in [0, 0.05) is 6.54 Å². The van der Waals surface area contributed by atoms with Gasteiger partial charge in [0.25, 0.3) is 5.56 Å². The minimum absolute atomic E-state index is 0.0451. The number of nitrogens with zero attached hydrogens (tertiary/aromatic N) is 2. The van der Waals surface area contributed by atoms with Crippen LogP contribution in [-0.2, 0) is 6.54 Å². The van der Waals surface area contributed by atoms with Gasteiger partial charge in [0.15, 0.2) is 0 Å². The number of aromatic nitrogens is 2.